The van der Waals surface area contributed by atoms with E-state index < -0.39 is 0 Å². The maximum Gasteiger partial charge on any atom is 0.134 e. The van der Waals surface area contributed by atoms with Crippen LogP contribution in [0.1, 0.15) is 39.2 Å². The van der Waals surface area contributed by atoms with Gasteiger partial charge in [-0.3, -0.25) is 4.79 Å². The molecule has 19 heavy (non-hydrogen) atoms. The molecule has 0 aliphatic heterocycles. The van der Waals surface area contributed by atoms with Crippen LogP contribution in [-0.4, -0.2) is 12.4 Å². The maximum absolute atomic E-state index is 11.0. The molecule has 1 rings (SSSR count). The van der Waals surface area contributed by atoms with Crippen LogP contribution in [0.4, 0.5) is 0 Å². The van der Waals surface area contributed by atoms with Gasteiger partial charge in [0, 0.05) is 6.42 Å². The number of nitrogens with zero attached hydrogens (tertiary/aromatic N) is 1. The van der Waals surface area contributed by atoms with Crippen molar-refractivity contribution in [2.45, 2.75) is 40.0 Å². The largest absolute Gasteiger partial charge is 0.494 e. The van der Waals surface area contributed by atoms with Crippen molar-refractivity contribution in [2.24, 2.45) is 5.41 Å². The van der Waals surface area contributed by atoms with Gasteiger partial charge in [0.05, 0.1) is 18.1 Å². The van der Waals surface area contributed by atoms with E-state index in [4.69, 9.17) is 10.00 Å². The van der Waals surface area contributed by atoms with Gasteiger partial charge in [0.15, 0.2) is 0 Å². The normalized spacial score (nSPS) is 10.8. The third-order valence-electron chi connectivity index (χ3n) is 2.89. The Kier molecular flexibility index (Phi) is 5.57. The molecule has 0 unspecified atom stereocenters. The molecule has 0 heterocycles. The van der Waals surface area contributed by atoms with Gasteiger partial charge >= 0.3 is 0 Å². The zero-order valence-corrected chi connectivity index (χ0v) is 11.9. The summed E-state index contributed by atoms with van der Waals surface area (Å²) in [6, 6.07) is 9.87. The van der Waals surface area contributed by atoms with E-state index in [1.165, 1.54) is 0 Å². The molecule has 0 aliphatic carbocycles. The van der Waals surface area contributed by atoms with Gasteiger partial charge < -0.3 is 4.74 Å². The van der Waals surface area contributed by atoms with E-state index in [0.29, 0.717) is 13.0 Å². The molecule has 0 spiro atoms. The topological polar surface area (TPSA) is 50.1 Å². The molecule has 0 N–H and O–H groups in total. The molecule has 0 aromatic heterocycles. The molecule has 0 fully saturated rings. The number of rotatable bonds is 7. The highest BCUT2D eigenvalue weighted by Gasteiger charge is 2.15. The van der Waals surface area contributed by atoms with Gasteiger partial charge in [-0.15, -0.1) is 0 Å². The smallest absolute Gasteiger partial charge is 0.134 e. The van der Waals surface area contributed by atoms with Crippen LogP contribution in [0.15, 0.2) is 24.3 Å². The first-order valence-electron chi connectivity index (χ1n) is 6.55. The van der Waals surface area contributed by atoms with Crippen LogP contribution < -0.4 is 4.74 Å². The third kappa shape index (κ3) is 6.05. The molecular weight excluding hydrogens is 238 g/mol. The number of carbonyl (C=O) groups excluding carboxylic acids is 1. The van der Waals surface area contributed by atoms with Gasteiger partial charge in [-0.1, -0.05) is 12.1 Å². The Hall–Kier alpha value is -1.82. The van der Waals surface area contributed by atoms with Crippen LogP contribution in [0.3, 0.4) is 0 Å². The van der Waals surface area contributed by atoms with E-state index in [0.717, 1.165) is 24.2 Å². The van der Waals surface area contributed by atoms with E-state index in [1.54, 1.807) is 6.92 Å². The Morgan fingerprint density at radius 3 is 2.47 bits per heavy atom. The molecule has 1 aromatic carbocycles. The lowest BCUT2D eigenvalue weighted by molar-refractivity contribution is -0.116. The van der Waals surface area contributed by atoms with Crippen LogP contribution in [-0.2, 0) is 11.2 Å². The summed E-state index contributed by atoms with van der Waals surface area (Å²) in [6.45, 7) is 6.06. The van der Waals surface area contributed by atoms with Gasteiger partial charge in [0.1, 0.15) is 11.5 Å². The summed E-state index contributed by atoms with van der Waals surface area (Å²) in [5.41, 5.74) is 0.722. The second-order valence-electron chi connectivity index (χ2n) is 5.47. The first kappa shape index (κ1) is 15.2. The summed E-state index contributed by atoms with van der Waals surface area (Å²) in [7, 11) is 0. The first-order valence-corrected chi connectivity index (χ1v) is 6.55. The van der Waals surface area contributed by atoms with E-state index >= 15 is 0 Å². The highest BCUT2D eigenvalue weighted by molar-refractivity contribution is 5.78. The van der Waals surface area contributed by atoms with Crippen molar-refractivity contribution < 1.29 is 9.53 Å². The molecule has 0 aliphatic rings. The molecule has 0 saturated heterocycles. The van der Waals surface area contributed by atoms with E-state index in [9.17, 15) is 4.79 Å². The predicted molar refractivity (Wildman–Crippen MR) is 75.0 cm³/mol. The van der Waals surface area contributed by atoms with Crippen molar-refractivity contribution in [1.29, 1.82) is 5.26 Å². The molecule has 0 amide bonds. The molecule has 0 atom stereocenters. The minimum atomic E-state index is -0.283. The van der Waals surface area contributed by atoms with Crippen molar-refractivity contribution in [2.75, 3.05) is 6.61 Å². The second-order valence-corrected chi connectivity index (χ2v) is 5.47. The molecular formula is C16H21NO2. The summed E-state index contributed by atoms with van der Waals surface area (Å²) in [5.74, 6) is 0.967. The highest BCUT2D eigenvalue weighted by Crippen LogP contribution is 2.21. The van der Waals surface area contributed by atoms with Crippen molar-refractivity contribution in [3.05, 3.63) is 29.8 Å². The fourth-order valence-electron chi connectivity index (χ4n) is 1.75. The maximum atomic E-state index is 11.0. The van der Waals surface area contributed by atoms with Crippen LogP contribution in [0.2, 0.25) is 0 Å². The number of nitriles is 1. The zero-order valence-electron chi connectivity index (χ0n) is 11.9. The number of carbonyl (C=O) groups is 1. The summed E-state index contributed by atoms with van der Waals surface area (Å²) >= 11 is 0. The Bertz CT molecular complexity index is 455. The van der Waals surface area contributed by atoms with Crippen LogP contribution in [0.5, 0.6) is 5.75 Å². The number of ether oxygens (including phenoxy) is 1. The Morgan fingerprint density at radius 2 is 1.95 bits per heavy atom. The van der Waals surface area contributed by atoms with Crippen LogP contribution >= 0.6 is 0 Å². The van der Waals surface area contributed by atoms with Crippen molar-refractivity contribution in [1.82, 2.24) is 0 Å². The SMILES string of the molecule is CC(=O)Cc1ccc(OCCCC(C)(C)C#N)cc1. The van der Waals surface area contributed by atoms with E-state index in [-0.39, 0.29) is 11.2 Å². The molecule has 3 nitrogen and oxygen atoms in total. The lowest BCUT2D eigenvalue weighted by atomic mass is 9.90. The fourth-order valence-corrected chi connectivity index (χ4v) is 1.75. The monoisotopic (exact) mass is 259 g/mol. The fraction of sp³-hybridized carbons (Fsp3) is 0.500. The molecule has 0 saturated carbocycles. The van der Waals surface area contributed by atoms with Gasteiger partial charge in [-0.2, -0.15) is 5.26 Å². The average Bonchev–Trinajstić information content (AvgIpc) is 2.36. The predicted octanol–water partition coefficient (Wildman–Crippen LogP) is 3.53. The summed E-state index contributed by atoms with van der Waals surface area (Å²) in [4.78, 5) is 11.0. The summed E-state index contributed by atoms with van der Waals surface area (Å²) in [6.07, 6.45) is 2.15. The van der Waals surface area contributed by atoms with E-state index in [1.807, 2.05) is 38.1 Å². The highest BCUT2D eigenvalue weighted by atomic mass is 16.5. The summed E-state index contributed by atoms with van der Waals surface area (Å²) in [5, 5.41) is 8.89. The second kappa shape index (κ2) is 6.94. The molecule has 0 radical (unpaired) electrons. The van der Waals surface area contributed by atoms with Gasteiger partial charge in [0.25, 0.3) is 0 Å². The van der Waals surface area contributed by atoms with Crippen molar-refractivity contribution in [3.8, 4) is 11.8 Å². The number of benzene rings is 1. The van der Waals surface area contributed by atoms with Crippen LogP contribution in [0.25, 0.3) is 0 Å². The van der Waals surface area contributed by atoms with E-state index in [2.05, 4.69) is 6.07 Å². The Labute approximate surface area is 115 Å². The zero-order chi connectivity index (χ0) is 14.3. The molecule has 102 valence electrons. The summed E-state index contributed by atoms with van der Waals surface area (Å²) < 4.78 is 5.61. The van der Waals surface area contributed by atoms with Crippen molar-refractivity contribution in [3.63, 3.8) is 0 Å². The van der Waals surface area contributed by atoms with Gasteiger partial charge in [-0.05, 0) is 51.3 Å². The first-order chi connectivity index (χ1) is 8.93. The number of Topliss-reactive ketones (excluding diaryl/α,β-unsaturated/α-hetero) is 1. The minimum Gasteiger partial charge on any atom is -0.494 e. The molecule has 3 heteroatoms. The van der Waals surface area contributed by atoms with Gasteiger partial charge in [-0.25, -0.2) is 0 Å². The minimum absolute atomic E-state index is 0.160. The Balaban J connectivity index is 2.35. The number of ketones is 1. The average molecular weight is 259 g/mol. The standard InChI is InChI=1S/C16H21NO2/c1-13(18)11-14-5-7-15(8-6-14)19-10-4-9-16(2,3)12-17/h5-8H,4,9-11H2,1-3H3. The van der Waals surface area contributed by atoms with Crippen LogP contribution in [0, 0.1) is 16.7 Å². The lowest BCUT2D eigenvalue weighted by Gasteiger charge is -2.14. The number of hydrogen-bond donors (Lipinski definition) is 0. The third-order valence-corrected chi connectivity index (χ3v) is 2.89. The van der Waals surface area contributed by atoms with Crippen molar-refractivity contribution >= 4 is 5.78 Å². The lowest BCUT2D eigenvalue weighted by Crippen LogP contribution is -2.10. The number of hydrogen-bond acceptors (Lipinski definition) is 3. The molecule has 1 aromatic rings. The molecule has 0 bridgehead atoms. The van der Waals surface area contributed by atoms with Gasteiger partial charge in [0.2, 0.25) is 0 Å². The quantitative estimate of drug-likeness (QED) is 0.704. The Morgan fingerprint density at radius 1 is 1.32 bits per heavy atom.